The van der Waals surface area contributed by atoms with Crippen LogP contribution in [0.1, 0.15) is 5.56 Å². The fourth-order valence-electron chi connectivity index (χ4n) is 1.78. The summed E-state index contributed by atoms with van der Waals surface area (Å²) in [4.78, 5) is 23.3. The molecule has 2 aromatic carbocycles. The van der Waals surface area contributed by atoms with E-state index in [1.54, 1.807) is 0 Å². The lowest BCUT2D eigenvalue weighted by Gasteiger charge is -2.09. The summed E-state index contributed by atoms with van der Waals surface area (Å²) in [7, 11) is 0. The number of amides is 3. The fourth-order valence-corrected chi connectivity index (χ4v) is 2.01. The molecule has 0 radical (unpaired) electrons. The molecular formula is C15H10ClF3N2O2. The summed E-state index contributed by atoms with van der Waals surface area (Å²) in [5.41, 5.74) is -0.368. The van der Waals surface area contributed by atoms with Gasteiger partial charge in [0.2, 0.25) is 5.91 Å². The van der Waals surface area contributed by atoms with Gasteiger partial charge in [0.1, 0.15) is 17.5 Å². The SMILES string of the molecule is O=C(Cc1c(F)cccc1Cl)NC(=O)Nc1ccc(F)cc1F. The van der Waals surface area contributed by atoms with E-state index in [2.05, 4.69) is 0 Å². The number of anilines is 1. The molecule has 0 fully saturated rings. The van der Waals surface area contributed by atoms with Gasteiger partial charge >= 0.3 is 6.03 Å². The molecule has 8 heteroatoms. The summed E-state index contributed by atoms with van der Waals surface area (Å²) in [6.45, 7) is 0. The maximum Gasteiger partial charge on any atom is 0.325 e. The van der Waals surface area contributed by atoms with E-state index in [4.69, 9.17) is 11.6 Å². The van der Waals surface area contributed by atoms with Gasteiger partial charge in [0.25, 0.3) is 0 Å². The summed E-state index contributed by atoms with van der Waals surface area (Å²) < 4.78 is 39.6. The molecule has 0 atom stereocenters. The number of carbonyl (C=O) groups excluding carboxylic acids is 2. The topological polar surface area (TPSA) is 58.2 Å². The Hall–Kier alpha value is -2.54. The quantitative estimate of drug-likeness (QED) is 0.894. The highest BCUT2D eigenvalue weighted by Gasteiger charge is 2.15. The maximum absolute atomic E-state index is 13.5. The van der Waals surface area contributed by atoms with E-state index in [0.29, 0.717) is 6.07 Å². The number of halogens is 4. The van der Waals surface area contributed by atoms with Crippen LogP contribution in [0.3, 0.4) is 0 Å². The molecular weight excluding hydrogens is 333 g/mol. The maximum atomic E-state index is 13.5. The van der Waals surface area contributed by atoms with E-state index in [0.717, 1.165) is 18.2 Å². The Morgan fingerprint density at radius 1 is 1.04 bits per heavy atom. The van der Waals surface area contributed by atoms with Crippen LogP contribution in [0.15, 0.2) is 36.4 Å². The zero-order valence-corrected chi connectivity index (χ0v) is 12.3. The Balaban J connectivity index is 1.99. The van der Waals surface area contributed by atoms with Crippen LogP contribution in [0.25, 0.3) is 0 Å². The Bertz CT molecular complexity index is 748. The number of urea groups is 1. The van der Waals surface area contributed by atoms with Crippen LogP contribution in [0.4, 0.5) is 23.7 Å². The van der Waals surface area contributed by atoms with Crippen LogP contribution in [0, 0.1) is 17.5 Å². The van der Waals surface area contributed by atoms with Crippen molar-refractivity contribution in [1.29, 1.82) is 0 Å². The minimum atomic E-state index is -1.03. The standard InChI is InChI=1S/C15H10ClF3N2O2/c16-10-2-1-3-11(18)9(10)7-14(22)21-15(23)20-13-5-4-8(17)6-12(13)19/h1-6H,7H2,(H2,20,21,22,23). The van der Waals surface area contributed by atoms with Crippen molar-refractivity contribution >= 4 is 29.2 Å². The minimum absolute atomic E-state index is 0.0464. The summed E-state index contributed by atoms with van der Waals surface area (Å²) in [5.74, 6) is -3.32. The normalized spacial score (nSPS) is 10.3. The third-order valence-electron chi connectivity index (χ3n) is 2.83. The van der Waals surface area contributed by atoms with Gasteiger partial charge in [-0.3, -0.25) is 10.1 Å². The van der Waals surface area contributed by atoms with E-state index in [9.17, 15) is 22.8 Å². The van der Waals surface area contributed by atoms with Crippen LogP contribution < -0.4 is 10.6 Å². The van der Waals surface area contributed by atoms with Crippen molar-refractivity contribution in [2.75, 3.05) is 5.32 Å². The van der Waals surface area contributed by atoms with Crippen molar-refractivity contribution in [2.24, 2.45) is 0 Å². The Morgan fingerprint density at radius 3 is 2.43 bits per heavy atom. The number of hydrogen-bond acceptors (Lipinski definition) is 2. The lowest BCUT2D eigenvalue weighted by atomic mass is 10.1. The average Bonchev–Trinajstić information content (AvgIpc) is 2.46. The van der Waals surface area contributed by atoms with Gasteiger partial charge in [-0.1, -0.05) is 17.7 Å². The minimum Gasteiger partial charge on any atom is -0.305 e. The number of hydrogen-bond donors (Lipinski definition) is 2. The molecule has 0 aromatic heterocycles. The van der Waals surface area contributed by atoms with Crippen LogP contribution in [0.2, 0.25) is 5.02 Å². The molecule has 4 nitrogen and oxygen atoms in total. The zero-order chi connectivity index (χ0) is 17.0. The van der Waals surface area contributed by atoms with Crippen LogP contribution in [-0.2, 0) is 11.2 Å². The highest BCUT2D eigenvalue weighted by atomic mass is 35.5. The van der Waals surface area contributed by atoms with Gasteiger partial charge in [-0.15, -0.1) is 0 Å². The van der Waals surface area contributed by atoms with Crippen molar-refractivity contribution in [3.8, 4) is 0 Å². The van der Waals surface area contributed by atoms with Crippen molar-refractivity contribution in [3.05, 3.63) is 64.4 Å². The molecule has 0 aliphatic rings. The highest BCUT2D eigenvalue weighted by molar-refractivity contribution is 6.31. The van der Waals surface area contributed by atoms with Gasteiger partial charge in [0.05, 0.1) is 12.1 Å². The predicted octanol–water partition coefficient (Wildman–Crippen LogP) is 3.65. The number of imide groups is 1. The first-order chi connectivity index (χ1) is 10.9. The van der Waals surface area contributed by atoms with Gasteiger partial charge in [0.15, 0.2) is 0 Å². The van der Waals surface area contributed by atoms with Crippen molar-refractivity contribution in [3.63, 3.8) is 0 Å². The molecule has 3 amide bonds. The molecule has 0 saturated heterocycles. The summed E-state index contributed by atoms with van der Waals surface area (Å²) >= 11 is 5.77. The monoisotopic (exact) mass is 342 g/mol. The fraction of sp³-hybridized carbons (Fsp3) is 0.0667. The number of nitrogens with one attached hydrogen (secondary N) is 2. The molecule has 2 rings (SSSR count). The van der Waals surface area contributed by atoms with Gasteiger partial charge in [-0.25, -0.2) is 18.0 Å². The number of benzene rings is 2. The van der Waals surface area contributed by atoms with Crippen molar-refractivity contribution < 1.29 is 22.8 Å². The van der Waals surface area contributed by atoms with Gasteiger partial charge in [-0.05, 0) is 24.3 Å². The first-order valence-electron chi connectivity index (χ1n) is 6.35. The van der Waals surface area contributed by atoms with E-state index in [-0.39, 0.29) is 16.3 Å². The Labute approximate surface area is 134 Å². The Morgan fingerprint density at radius 2 is 1.78 bits per heavy atom. The van der Waals surface area contributed by atoms with Crippen molar-refractivity contribution in [1.82, 2.24) is 5.32 Å². The Kier molecular flexibility index (Phi) is 5.23. The largest absolute Gasteiger partial charge is 0.325 e. The third-order valence-corrected chi connectivity index (χ3v) is 3.19. The van der Waals surface area contributed by atoms with Crippen LogP contribution in [0.5, 0.6) is 0 Å². The molecule has 23 heavy (non-hydrogen) atoms. The molecule has 0 bridgehead atoms. The van der Waals surface area contributed by atoms with Crippen LogP contribution in [-0.4, -0.2) is 11.9 Å². The summed E-state index contributed by atoms with van der Waals surface area (Å²) in [6.07, 6.45) is -0.467. The van der Waals surface area contributed by atoms with Crippen LogP contribution >= 0.6 is 11.6 Å². The predicted molar refractivity (Wildman–Crippen MR) is 78.6 cm³/mol. The van der Waals surface area contributed by atoms with E-state index < -0.39 is 35.8 Å². The third kappa shape index (κ3) is 4.46. The van der Waals surface area contributed by atoms with Gasteiger partial charge in [0, 0.05) is 16.7 Å². The molecule has 2 N–H and O–H groups in total. The lowest BCUT2D eigenvalue weighted by Crippen LogP contribution is -2.35. The molecule has 120 valence electrons. The van der Waals surface area contributed by atoms with E-state index >= 15 is 0 Å². The van der Waals surface area contributed by atoms with Gasteiger partial charge < -0.3 is 5.32 Å². The lowest BCUT2D eigenvalue weighted by molar-refractivity contribution is -0.119. The summed E-state index contributed by atoms with van der Waals surface area (Å²) in [6, 6.07) is 5.40. The second kappa shape index (κ2) is 7.15. The number of rotatable bonds is 3. The van der Waals surface area contributed by atoms with Crippen molar-refractivity contribution in [2.45, 2.75) is 6.42 Å². The molecule has 0 saturated carbocycles. The molecule has 0 unspecified atom stereocenters. The molecule has 0 aliphatic heterocycles. The average molecular weight is 343 g/mol. The second-order valence-corrected chi connectivity index (χ2v) is 4.91. The smallest absolute Gasteiger partial charge is 0.305 e. The van der Waals surface area contributed by atoms with Gasteiger partial charge in [-0.2, -0.15) is 0 Å². The molecule has 0 aliphatic carbocycles. The summed E-state index contributed by atoms with van der Waals surface area (Å²) in [5, 5.41) is 3.99. The van der Waals surface area contributed by atoms with E-state index in [1.807, 2.05) is 10.6 Å². The second-order valence-electron chi connectivity index (χ2n) is 4.50. The first-order valence-corrected chi connectivity index (χ1v) is 6.73. The molecule has 0 spiro atoms. The first kappa shape index (κ1) is 16.8. The molecule has 2 aromatic rings. The molecule has 0 heterocycles. The number of carbonyl (C=O) groups is 2. The highest BCUT2D eigenvalue weighted by Crippen LogP contribution is 2.19. The van der Waals surface area contributed by atoms with E-state index in [1.165, 1.54) is 12.1 Å². The zero-order valence-electron chi connectivity index (χ0n) is 11.5.